The molecule has 0 spiro atoms. The zero-order valence-electron chi connectivity index (χ0n) is 9.26. The van der Waals surface area contributed by atoms with Gasteiger partial charge in [0.05, 0.1) is 24.9 Å². The Bertz CT molecular complexity index is 340. The van der Waals surface area contributed by atoms with Crippen molar-refractivity contribution in [2.24, 2.45) is 0 Å². The summed E-state index contributed by atoms with van der Waals surface area (Å²) in [6.07, 6.45) is -0.265. The third-order valence-electron chi connectivity index (χ3n) is 2.39. The maximum Gasteiger partial charge on any atom is 0.306 e. The van der Waals surface area contributed by atoms with Gasteiger partial charge in [0.25, 0.3) is 0 Å². The van der Waals surface area contributed by atoms with E-state index in [0.717, 1.165) is 0 Å². The number of aliphatic hydroxyl groups excluding tert-OH is 1. The van der Waals surface area contributed by atoms with Crippen molar-refractivity contribution < 1.29 is 23.1 Å². The van der Waals surface area contributed by atoms with Crippen LogP contribution in [0.1, 0.15) is 19.8 Å². The minimum absolute atomic E-state index is 0.130. The van der Waals surface area contributed by atoms with E-state index in [9.17, 15) is 18.3 Å². The lowest BCUT2D eigenvalue weighted by molar-refractivity contribution is -0.142. The molecule has 1 saturated heterocycles. The number of rotatable bonds is 5. The second kappa shape index (κ2) is 5.60. The van der Waals surface area contributed by atoms with E-state index in [4.69, 9.17) is 0 Å². The van der Waals surface area contributed by atoms with Gasteiger partial charge in [0.1, 0.15) is 0 Å². The highest BCUT2D eigenvalue weighted by Gasteiger charge is 2.30. The van der Waals surface area contributed by atoms with Gasteiger partial charge >= 0.3 is 5.97 Å². The number of carbonyl (C=O) groups is 1. The highest BCUT2D eigenvalue weighted by Crippen LogP contribution is 2.14. The molecule has 1 rings (SSSR count). The van der Waals surface area contributed by atoms with Gasteiger partial charge < -0.3 is 9.84 Å². The van der Waals surface area contributed by atoms with Crippen molar-refractivity contribution >= 4 is 16.0 Å². The van der Waals surface area contributed by atoms with Crippen molar-refractivity contribution in [3.8, 4) is 0 Å². The van der Waals surface area contributed by atoms with Crippen molar-refractivity contribution in [2.45, 2.75) is 25.9 Å². The minimum atomic E-state index is -3.43. The van der Waals surface area contributed by atoms with Gasteiger partial charge in [-0.25, -0.2) is 8.42 Å². The lowest BCUT2D eigenvalue weighted by Gasteiger charge is -2.14. The summed E-state index contributed by atoms with van der Waals surface area (Å²) in [5.74, 6) is -0.760. The number of sulfonamides is 1. The molecule has 6 nitrogen and oxygen atoms in total. The number of ether oxygens (including phenoxy) is 1. The average molecular weight is 251 g/mol. The summed E-state index contributed by atoms with van der Waals surface area (Å²) in [6.45, 7) is 2.38. The number of aliphatic hydroxyl groups is 1. The number of hydrogen-bond acceptors (Lipinski definition) is 5. The third-order valence-corrected chi connectivity index (χ3v) is 4.23. The Hall–Kier alpha value is -0.660. The highest BCUT2D eigenvalue weighted by atomic mass is 32.2. The summed E-state index contributed by atoms with van der Waals surface area (Å²) in [4.78, 5) is 11.0. The molecule has 0 bridgehead atoms. The number of nitrogens with zero attached hydrogens (tertiary/aromatic N) is 1. The first kappa shape index (κ1) is 13.4. The lowest BCUT2D eigenvalue weighted by Crippen LogP contribution is -2.32. The first-order valence-electron chi connectivity index (χ1n) is 5.27. The summed E-state index contributed by atoms with van der Waals surface area (Å²) >= 11 is 0. The van der Waals surface area contributed by atoms with E-state index in [1.807, 2.05) is 0 Å². The molecule has 0 aromatic carbocycles. The molecule has 1 aliphatic heterocycles. The molecular weight excluding hydrogens is 234 g/mol. The summed E-state index contributed by atoms with van der Waals surface area (Å²) in [6, 6.07) is 0. The molecule has 1 N–H and O–H groups in total. The molecule has 0 unspecified atom stereocenters. The Morgan fingerprint density at radius 1 is 1.56 bits per heavy atom. The Morgan fingerprint density at radius 3 is 2.75 bits per heavy atom. The zero-order valence-corrected chi connectivity index (χ0v) is 10.1. The second-order valence-electron chi connectivity index (χ2n) is 3.67. The van der Waals surface area contributed by atoms with Gasteiger partial charge in [-0.3, -0.25) is 4.79 Å². The second-order valence-corrected chi connectivity index (χ2v) is 5.76. The van der Waals surface area contributed by atoms with Crippen LogP contribution in [-0.4, -0.2) is 55.4 Å². The van der Waals surface area contributed by atoms with Crippen molar-refractivity contribution in [3.05, 3.63) is 0 Å². The maximum atomic E-state index is 11.7. The molecule has 0 aromatic rings. The molecule has 0 aromatic heterocycles. The van der Waals surface area contributed by atoms with Crippen LogP contribution in [0.3, 0.4) is 0 Å². The van der Waals surface area contributed by atoms with E-state index in [1.165, 1.54) is 4.31 Å². The summed E-state index contributed by atoms with van der Waals surface area (Å²) < 4.78 is 29.3. The van der Waals surface area contributed by atoms with Gasteiger partial charge in [0.2, 0.25) is 10.0 Å². The molecule has 1 atom stereocenters. The third kappa shape index (κ3) is 3.73. The normalized spacial score (nSPS) is 22.2. The molecule has 16 heavy (non-hydrogen) atoms. The van der Waals surface area contributed by atoms with Crippen LogP contribution in [0.5, 0.6) is 0 Å². The number of esters is 1. The van der Waals surface area contributed by atoms with Crippen LogP contribution in [0.4, 0.5) is 0 Å². The van der Waals surface area contributed by atoms with E-state index in [0.29, 0.717) is 13.0 Å². The van der Waals surface area contributed by atoms with Gasteiger partial charge in [-0.15, -0.1) is 0 Å². The summed E-state index contributed by atoms with van der Waals surface area (Å²) in [7, 11) is -3.43. The molecule has 94 valence electrons. The van der Waals surface area contributed by atoms with Gasteiger partial charge in [-0.1, -0.05) is 0 Å². The van der Waals surface area contributed by atoms with Crippen LogP contribution in [-0.2, 0) is 19.6 Å². The molecule has 7 heteroatoms. The first-order chi connectivity index (χ1) is 7.45. The molecular formula is C9H17NO5S. The van der Waals surface area contributed by atoms with Crippen molar-refractivity contribution in [3.63, 3.8) is 0 Å². The summed E-state index contributed by atoms with van der Waals surface area (Å²) in [5, 5.41) is 9.23. The van der Waals surface area contributed by atoms with Crippen LogP contribution in [0, 0.1) is 0 Å². The smallest absolute Gasteiger partial charge is 0.306 e. The van der Waals surface area contributed by atoms with Gasteiger partial charge in [0, 0.05) is 13.1 Å². The van der Waals surface area contributed by atoms with Crippen LogP contribution in [0.2, 0.25) is 0 Å². The highest BCUT2D eigenvalue weighted by molar-refractivity contribution is 7.89. The summed E-state index contributed by atoms with van der Waals surface area (Å²) in [5.41, 5.74) is 0. The minimum Gasteiger partial charge on any atom is -0.466 e. The van der Waals surface area contributed by atoms with Crippen LogP contribution < -0.4 is 0 Å². The fraction of sp³-hybridized carbons (Fsp3) is 0.889. The van der Waals surface area contributed by atoms with E-state index in [2.05, 4.69) is 4.74 Å². The maximum absolute atomic E-state index is 11.7. The van der Waals surface area contributed by atoms with E-state index < -0.39 is 22.1 Å². The van der Waals surface area contributed by atoms with Gasteiger partial charge in [-0.05, 0) is 13.3 Å². The van der Waals surface area contributed by atoms with Crippen molar-refractivity contribution in [1.29, 1.82) is 0 Å². The molecule has 0 saturated carbocycles. The predicted molar refractivity (Wildman–Crippen MR) is 57.2 cm³/mol. The molecule has 1 heterocycles. The average Bonchev–Trinajstić information content (AvgIpc) is 2.63. The first-order valence-corrected chi connectivity index (χ1v) is 6.88. The van der Waals surface area contributed by atoms with Crippen LogP contribution >= 0.6 is 0 Å². The Kier molecular flexibility index (Phi) is 4.69. The standard InChI is InChI=1S/C9H17NO5S/c1-2-15-9(12)4-6-16(13,14)10-5-3-8(11)7-10/h8,11H,2-7H2,1H3/t8-/m0/s1. The molecule has 1 fully saturated rings. The molecule has 1 aliphatic rings. The van der Waals surface area contributed by atoms with Crippen LogP contribution in [0.15, 0.2) is 0 Å². The van der Waals surface area contributed by atoms with Crippen molar-refractivity contribution in [2.75, 3.05) is 25.4 Å². The number of carbonyl (C=O) groups excluding carboxylic acids is 1. The Labute approximate surface area is 95.2 Å². The number of hydrogen-bond donors (Lipinski definition) is 1. The monoisotopic (exact) mass is 251 g/mol. The Balaban J connectivity index is 2.43. The van der Waals surface area contributed by atoms with E-state index in [-0.39, 0.29) is 25.3 Å². The number of β-amino-alcohol motifs (C(OH)–C–C–N with tert-alkyl or cyclic N) is 1. The van der Waals surface area contributed by atoms with Gasteiger partial charge in [0.15, 0.2) is 0 Å². The SMILES string of the molecule is CCOC(=O)CCS(=O)(=O)N1CC[C@H](O)C1. The van der Waals surface area contributed by atoms with Crippen LogP contribution in [0.25, 0.3) is 0 Å². The molecule has 0 aliphatic carbocycles. The zero-order chi connectivity index (χ0) is 12.2. The Morgan fingerprint density at radius 2 is 2.25 bits per heavy atom. The van der Waals surface area contributed by atoms with Crippen molar-refractivity contribution in [1.82, 2.24) is 4.31 Å². The lowest BCUT2D eigenvalue weighted by atomic mass is 10.3. The molecule has 0 amide bonds. The predicted octanol–water partition coefficient (Wildman–Crippen LogP) is -0.664. The fourth-order valence-corrected chi connectivity index (χ4v) is 3.00. The fourth-order valence-electron chi connectivity index (χ4n) is 1.54. The topological polar surface area (TPSA) is 83.9 Å². The van der Waals surface area contributed by atoms with E-state index >= 15 is 0 Å². The quantitative estimate of drug-likeness (QED) is 0.655. The molecule has 0 radical (unpaired) electrons. The van der Waals surface area contributed by atoms with E-state index in [1.54, 1.807) is 6.92 Å². The largest absolute Gasteiger partial charge is 0.466 e. The van der Waals surface area contributed by atoms with Gasteiger partial charge in [-0.2, -0.15) is 4.31 Å².